The van der Waals surface area contributed by atoms with Gasteiger partial charge in [-0.3, -0.25) is 19.5 Å². The van der Waals surface area contributed by atoms with Gasteiger partial charge in [0.05, 0.1) is 6.26 Å². The van der Waals surface area contributed by atoms with E-state index in [0.717, 1.165) is 44.0 Å². The summed E-state index contributed by atoms with van der Waals surface area (Å²) in [6, 6.07) is 11.8. The summed E-state index contributed by atoms with van der Waals surface area (Å²) < 4.78 is 16.2. The summed E-state index contributed by atoms with van der Waals surface area (Å²) in [7, 11) is 1.73. The summed E-state index contributed by atoms with van der Waals surface area (Å²) in [6.45, 7) is 6.74. The van der Waals surface area contributed by atoms with E-state index in [9.17, 15) is 4.79 Å². The number of anilines is 2. The second-order valence-electron chi connectivity index (χ2n) is 9.95. The topological polar surface area (TPSA) is 144 Å². The maximum absolute atomic E-state index is 13.3. The van der Waals surface area contributed by atoms with Crippen LogP contribution in [-0.4, -0.2) is 78.9 Å². The smallest absolute Gasteiger partial charge is 0.345 e. The van der Waals surface area contributed by atoms with Crippen LogP contribution in [-0.2, 0) is 13.6 Å². The predicted molar refractivity (Wildman–Crippen MR) is 147 cm³/mol. The molecule has 6 heterocycles. The summed E-state index contributed by atoms with van der Waals surface area (Å²) in [6.07, 6.45) is 1.60. The van der Waals surface area contributed by atoms with E-state index in [1.165, 1.54) is 5.01 Å². The number of aryl methyl sites for hydroxylation is 2. The maximum Gasteiger partial charge on any atom is 0.345 e. The van der Waals surface area contributed by atoms with Gasteiger partial charge in [-0.25, -0.2) is 19.8 Å². The molecule has 14 heteroatoms. The van der Waals surface area contributed by atoms with Crippen LogP contribution in [0.15, 0.2) is 61.3 Å². The lowest BCUT2D eigenvalue weighted by Crippen LogP contribution is -2.47. The van der Waals surface area contributed by atoms with Crippen molar-refractivity contribution in [2.24, 2.45) is 17.9 Å². The van der Waals surface area contributed by atoms with Crippen molar-refractivity contribution in [3.63, 3.8) is 0 Å². The van der Waals surface area contributed by atoms with Crippen LogP contribution in [0, 0.1) is 6.92 Å². The Morgan fingerprint density at radius 2 is 1.90 bits per heavy atom. The van der Waals surface area contributed by atoms with Gasteiger partial charge < -0.3 is 13.7 Å². The molecular weight excluding hydrogens is 514 g/mol. The number of nitrogens with zero attached hydrogens (tertiary/aromatic N) is 10. The fourth-order valence-corrected chi connectivity index (χ4v) is 5.41. The van der Waals surface area contributed by atoms with Crippen molar-refractivity contribution in [1.82, 2.24) is 33.8 Å². The molecule has 0 saturated carbocycles. The quantitative estimate of drug-likeness (QED) is 0.309. The molecule has 2 N–H and O–H groups in total. The van der Waals surface area contributed by atoms with Crippen LogP contribution >= 0.6 is 0 Å². The first kappa shape index (κ1) is 24.4. The Hall–Kier alpha value is -4.69. The van der Waals surface area contributed by atoms with Crippen molar-refractivity contribution < 1.29 is 8.83 Å². The van der Waals surface area contributed by atoms with E-state index in [4.69, 9.17) is 19.7 Å². The third-order valence-electron chi connectivity index (χ3n) is 7.50. The Balaban J connectivity index is 1.07. The Morgan fingerprint density at radius 1 is 1.05 bits per heavy atom. The normalized spacial score (nSPS) is 16.1. The molecule has 4 aromatic heterocycles. The highest BCUT2D eigenvalue weighted by Gasteiger charge is 2.31. The number of hydrogen-bond acceptors (Lipinski definition) is 11. The molecule has 0 aliphatic carbocycles. The van der Waals surface area contributed by atoms with E-state index < -0.39 is 0 Å². The molecule has 40 heavy (non-hydrogen) atoms. The first-order chi connectivity index (χ1) is 19.5. The average Bonchev–Trinajstić information content (AvgIpc) is 3.77. The Morgan fingerprint density at radius 3 is 2.65 bits per heavy atom. The number of fused-ring (bicyclic) bond motifs is 3. The second-order valence-corrected chi connectivity index (χ2v) is 9.95. The number of hydrogen-bond donors (Lipinski definition) is 1. The fraction of sp³-hybridized carbons (Fsp3) is 0.346. The molecule has 1 aromatic carbocycles. The largest absolute Gasteiger partial charge is 0.463 e. The van der Waals surface area contributed by atoms with Crippen LogP contribution < -0.4 is 21.4 Å². The maximum atomic E-state index is 13.3. The van der Waals surface area contributed by atoms with Crippen LogP contribution in [0.25, 0.3) is 17.2 Å². The summed E-state index contributed by atoms with van der Waals surface area (Å²) in [5.41, 5.74) is 3.15. The van der Waals surface area contributed by atoms with Gasteiger partial charge in [0.2, 0.25) is 17.6 Å². The number of piperazine rings is 1. The first-order valence-corrected chi connectivity index (χ1v) is 13.1. The van der Waals surface area contributed by atoms with Gasteiger partial charge >= 0.3 is 5.69 Å². The third-order valence-corrected chi connectivity index (χ3v) is 7.50. The average molecular weight is 544 g/mol. The molecule has 0 spiro atoms. The number of benzene rings is 1. The Kier molecular flexibility index (Phi) is 5.78. The van der Waals surface area contributed by atoms with Crippen LogP contribution in [0.5, 0.6) is 0 Å². The zero-order chi connectivity index (χ0) is 27.4. The number of aromatic nitrogens is 6. The molecule has 2 aliphatic heterocycles. The van der Waals surface area contributed by atoms with Crippen LogP contribution in [0.4, 0.5) is 11.5 Å². The highest BCUT2D eigenvalue weighted by molar-refractivity contribution is 6.14. The minimum atomic E-state index is -0.148. The Bertz CT molecular complexity index is 1770. The standard InChI is InChI=1S/C26H29N11O3/c1-17-30-31-24(40-17)18-5-3-6-19(15-18)34-11-8-33(9-12-34)10-13-35-25-29-23-22(37(25)32(2)26(35)38)21(28-16-36(23)27)20-7-4-14-39-20/h3-7,14-15H,8-13,16,27H2,1-2H3. The van der Waals surface area contributed by atoms with Gasteiger partial charge in [-0.1, -0.05) is 6.07 Å². The van der Waals surface area contributed by atoms with Gasteiger partial charge in [0.25, 0.3) is 0 Å². The highest BCUT2D eigenvalue weighted by Crippen LogP contribution is 2.27. The number of hydrazine groups is 1. The summed E-state index contributed by atoms with van der Waals surface area (Å²) in [5.74, 6) is 8.98. The third kappa shape index (κ3) is 3.99. The van der Waals surface area contributed by atoms with Crippen molar-refractivity contribution in [2.45, 2.75) is 13.5 Å². The molecular formula is C26H29N11O3. The molecule has 5 aromatic rings. The second kappa shape index (κ2) is 9.50. The molecule has 206 valence electrons. The Labute approximate surface area is 228 Å². The molecule has 7 rings (SSSR count). The van der Waals surface area contributed by atoms with Gasteiger partial charge in [0.1, 0.15) is 18.1 Å². The zero-order valence-electron chi connectivity index (χ0n) is 22.3. The number of imidazole rings is 1. The van der Waals surface area contributed by atoms with E-state index in [1.54, 1.807) is 40.1 Å². The van der Waals surface area contributed by atoms with Crippen molar-refractivity contribution in [3.05, 3.63) is 70.5 Å². The number of furan rings is 1. The molecule has 0 unspecified atom stereocenters. The van der Waals surface area contributed by atoms with Crippen molar-refractivity contribution >= 4 is 23.0 Å². The van der Waals surface area contributed by atoms with Crippen molar-refractivity contribution in [2.75, 3.05) is 49.3 Å². The highest BCUT2D eigenvalue weighted by atomic mass is 16.4. The molecule has 0 amide bonds. The minimum Gasteiger partial charge on any atom is -0.463 e. The van der Waals surface area contributed by atoms with Gasteiger partial charge in [-0.05, 0) is 30.3 Å². The van der Waals surface area contributed by atoms with Crippen LogP contribution in [0.2, 0.25) is 0 Å². The van der Waals surface area contributed by atoms with Crippen molar-refractivity contribution in [1.29, 1.82) is 0 Å². The number of rotatable bonds is 6. The minimum absolute atomic E-state index is 0.148. The van der Waals surface area contributed by atoms with E-state index in [1.807, 2.05) is 18.2 Å². The van der Waals surface area contributed by atoms with E-state index in [0.29, 0.717) is 47.1 Å². The van der Waals surface area contributed by atoms with Gasteiger partial charge in [-0.2, -0.15) is 4.98 Å². The molecule has 1 saturated heterocycles. The summed E-state index contributed by atoms with van der Waals surface area (Å²) in [4.78, 5) is 27.4. The van der Waals surface area contributed by atoms with Gasteiger partial charge in [0, 0.05) is 64.5 Å². The zero-order valence-corrected chi connectivity index (χ0v) is 22.3. The van der Waals surface area contributed by atoms with E-state index in [2.05, 4.69) is 37.1 Å². The lowest BCUT2D eigenvalue weighted by Gasteiger charge is -2.36. The van der Waals surface area contributed by atoms with E-state index >= 15 is 0 Å². The summed E-state index contributed by atoms with van der Waals surface area (Å²) >= 11 is 0. The summed E-state index contributed by atoms with van der Waals surface area (Å²) in [5, 5.41) is 9.56. The number of aliphatic imine (C=N–C) groups is 1. The van der Waals surface area contributed by atoms with Crippen molar-refractivity contribution in [3.8, 4) is 11.5 Å². The molecule has 0 bridgehead atoms. The predicted octanol–water partition coefficient (Wildman–Crippen LogP) is 1.10. The molecule has 1 fully saturated rings. The lowest BCUT2D eigenvalue weighted by molar-refractivity contribution is 0.248. The van der Waals surface area contributed by atoms with Gasteiger partial charge in [-0.15, -0.1) is 10.2 Å². The fourth-order valence-electron chi connectivity index (χ4n) is 5.41. The number of nitrogens with two attached hydrogens (primary N) is 1. The SMILES string of the molecule is Cc1nnc(-c2cccc(N3CCN(CCn4c(=O)n(C)n5c6c(nc45)N(N)CN=C6c4ccco4)CC3)c2)o1. The molecule has 0 radical (unpaired) electrons. The van der Waals surface area contributed by atoms with Gasteiger partial charge in [0.15, 0.2) is 11.6 Å². The molecule has 2 aliphatic rings. The molecule has 14 nitrogen and oxygen atoms in total. The van der Waals surface area contributed by atoms with Crippen LogP contribution in [0.3, 0.4) is 0 Å². The van der Waals surface area contributed by atoms with E-state index in [-0.39, 0.29) is 12.4 Å². The monoisotopic (exact) mass is 543 g/mol. The molecule has 0 atom stereocenters. The van der Waals surface area contributed by atoms with Crippen LogP contribution in [0.1, 0.15) is 17.3 Å². The lowest BCUT2D eigenvalue weighted by atomic mass is 10.1. The first-order valence-electron chi connectivity index (χ1n) is 13.1.